The third-order valence-corrected chi connectivity index (χ3v) is 6.18. The van der Waals surface area contributed by atoms with E-state index < -0.39 is 10.0 Å². The first kappa shape index (κ1) is 15.0. The van der Waals surface area contributed by atoms with Gasteiger partial charge in [-0.05, 0) is 50.5 Å². The summed E-state index contributed by atoms with van der Waals surface area (Å²) >= 11 is 0. The summed E-state index contributed by atoms with van der Waals surface area (Å²) in [6.45, 7) is 3.62. The van der Waals surface area contributed by atoms with Crippen LogP contribution in [0.1, 0.15) is 18.4 Å². The summed E-state index contributed by atoms with van der Waals surface area (Å²) in [4.78, 5) is 2.75. The minimum atomic E-state index is -3.45. The van der Waals surface area contributed by atoms with Crippen LogP contribution in [-0.2, 0) is 16.6 Å². The van der Waals surface area contributed by atoms with Crippen molar-refractivity contribution in [2.45, 2.75) is 30.3 Å². The van der Waals surface area contributed by atoms with Crippen molar-refractivity contribution in [3.63, 3.8) is 0 Å². The molecule has 3 heterocycles. The lowest BCUT2D eigenvalue weighted by Gasteiger charge is -2.44. The van der Waals surface area contributed by atoms with Gasteiger partial charge in [0.15, 0.2) is 0 Å². The summed E-state index contributed by atoms with van der Waals surface area (Å²) in [5, 5.41) is 3.03. The fourth-order valence-corrected chi connectivity index (χ4v) is 5.00. The van der Waals surface area contributed by atoms with Crippen molar-refractivity contribution >= 4 is 10.0 Å². The molecule has 1 aromatic rings. The monoisotopic (exact) mass is 309 g/mol. The zero-order chi connectivity index (χ0) is 14.9. The highest BCUT2D eigenvalue weighted by molar-refractivity contribution is 7.89. The van der Waals surface area contributed by atoms with Gasteiger partial charge in [0, 0.05) is 19.1 Å². The highest BCUT2D eigenvalue weighted by atomic mass is 32.2. The van der Waals surface area contributed by atoms with E-state index in [0.29, 0.717) is 17.4 Å². The molecule has 0 amide bonds. The average molecular weight is 309 g/mol. The molecule has 0 saturated carbocycles. The normalized spacial score (nSPS) is 28.7. The molecule has 0 radical (unpaired) electrons. The summed E-state index contributed by atoms with van der Waals surface area (Å²) in [5.74, 6) is 0.487. The standard InChI is InChI=1S/C15H23N3O2S/c1-16-10-13-4-2-3-5-15(13)21(19,20)17-14-11-18-8-6-12(14)7-9-18/h2-5,12,14,16-17H,6-11H2,1H3. The first-order valence-electron chi connectivity index (χ1n) is 7.57. The molecular weight excluding hydrogens is 286 g/mol. The number of benzene rings is 1. The van der Waals surface area contributed by atoms with Crippen LogP contribution < -0.4 is 10.0 Å². The maximum Gasteiger partial charge on any atom is 0.241 e. The number of nitrogens with zero attached hydrogens (tertiary/aromatic N) is 1. The molecule has 3 aliphatic rings. The second-order valence-corrected chi connectivity index (χ2v) is 7.69. The van der Waals surface area contributed by atoms with Crippen molar-refractivity contribution in [1.29, 1.82) is 0 Å². The van der Waals surface area contributed by atoms with E-state index >= 15 is 0 Å². The van der Waals surface area contributed by atoms with Crippen molar-refractivity contribution in [3.05, 3.63) is 29.8 Å². The van der Waals surface area contributed by atoms with Gasteiger partial charge in [-0.2, -0.15) is 0 Å². The van der Waals surface area contributed by atoms with Gasteiger partial charge in [0.2, 0.25) is 10.0 Å². The van der Waals surface area contributed by atoms with Gasteiger partial charge in [0.05, 0.1) is 4.90 Å². The van der Waals surface area contributed by atoms with Crippen LogP contribution in [0.2, 0.25) is 0 Å². The number of rotatable bonds is 5. The Morgan fingerprint density at radius 3 is 2.57 bits per heavy atom. The molecular formula is C15H23N3O2S. The van der Waals surface area contributed by atoms with Crippen LogP contribution in [0.5, 0.6) is 0 Å². The number of piperidine rings is 3. The van der Waals surface area contributed by atoms with Crippen LogP contribution in [0.4, 0.5) is 0 Å². The SMILES string of the molecule is CNCc1ccccc1S(=O)(=O)NC1CN2CCC1CC2. The predicted molar refractivity (Wildman–Crippen MR) is 82.5 cm³/mol. The first-order valence-corrected chi connectivity index (χ1v) is 9.05. The zero-order valence-corrected chi connectivity index (χ0v) is 13.2. The van der Waals surface area contributed by atoms with E-state index in [-0.39, 0.29) is 6.04 Å². The Balaban J connectivity index is 1.81. The van der Waals surface area contributed by atoms with Gasteiger partial charge in [0.25, 0.3) is 0 Å². The molecule has 6 heteroatoms. The van der Waals surface area contributed by atoms with Gasteiger partial charge in [-0.1, -0.05) is 18.2 Å². The Hall–Kier alpha value is -0.950. The first-order chi connectivity index (χ1) is 10.1. The summed E-state index contributed by atoms with van der Waals surface area (Å²) in [7, 11) is -1.63. The Morgan fingerprint density at radius 2 is 1.95 bits per heavy atom. The lowest BCUT2D eigenvalue weighted by molar-refractivity contribution is 0.0827. The molecule has 0 aliphatic carbocycles. The Kier molecular flexibility index (Phi) is 4.31. The molecule has 0 spiro atoms. The van der Waals surface area contributed by atoms with Crippen molar-refractivity contribution in [3.8, 4) is 0 Å². The third-order valence-electron chi connectivity index (χ3n) is 4.59. The van der Waals surface area contributed by atoms with Crippen LogP contribution in [-0.4, -0.2) is 46.0 Å². The van der Waals surface area contributed by atoms with E-state index in [0.717, 1.165) is 38.0 Å². The van der Waals surface area contributed by atoms with E-state index in [9.17, 15) is 8.42 Å². The Bertz CT molecular complexity index is 595. The van der Waals surface area contributed by atoms with Crippen LogP contribution in [0, 0.1) is 5.92 Å². The van der Waals surface area contributed by atoms with Gasteiger partial charge in [0.1, 0.15) is 0 Å². The molecule has 21 heavy (non-hydrogen) atoms. The molecule has 116 valence electrons. The van der Waals surface area contributed by atoms with E-state index in [1.165, 1.54) is 0 Å². The van der Waals surface area contributed by atoms with Gasteiger partial charge >= 0.3 is 0 Å². The average Bonchev–Trinajstić information content (AvgIpc) is 2.49. The number of sulfonamides is 1. The predicted octanol–water partition coefficient (Wildman–Crippen LogP) is 0.778. The van der Waals surface area contributed by atoms with E-state index in [1.807, 2.05) is 19.2 Å². The van der Waals surface area contributed by atoms with E-state index in [1.54, 1.807) is 12.1 Å². The lowest BCUT2D eigenvalue weighted by Crippen LogP contribution is -2.57. The molecule has 3 fully saturated rings. The smallest absolute Gasteiger partial charge is 0.241 e. The highest BCUT2D eigenvalue weighted by Gasteiger charge is 2.36. The van der Waals surface area contributed by atoms with Gasteiger partial charge < -0.3 is 10.2 Å². The maximum absolute atomic E-state index is 12.7. The van der Waals surface area contributed by atoms with Gasteiger partial charge in [-0.15, -0.1) is 0 Å². The number of hydrogen-bond acceptors (Lipinski definition) is 4. The molecule has 1 unspecified atom stereocenters. The summed E-state index contributed by atoms with van der Waals surface area (Å²) in [5.41, 5.74) is 0.814. The lowest BCUT2D eigenvalue weighted by atomic mass is 9.85. The van der Waals surface area contributed by atoms with Crippen molar-refractivity contribution in [2.75, 3.05) is 26.7 Å². The second kappa shape index (κ2) is 6.04. The topological polar surface area (TPSA) is 61.4 Å². The van der Waals surface area contributed by atoms with Crippen molar-refractivity contribution < 1.29 is 8.42 Å². The van der Waals surface area contributed by atoms with E-state index in [4.69, 9.17) is 0 Å². The molecule has 3 aliphatic heterocycles. The quantitative estimate of drug-likeness (QED) is 0.844. The van der Waals surface area contributed by atoms with Crippen molar-refractivity contribution in [2.24, 2.45) is 5.92 Å². The summed E-state index contributed by atoms with van der Waals surface area (Å²) in [6, 6.07) is 7.27. The molecule has 1 atom stereocenters. The van der Waals surface area contributed by atoms with Gasteiger partial charge in [-0.25, -0.2) is 13.1 Å². The molecule has 5 nitrogen and oxygen atoms in total. The molecule has 0 aromatic heterocycles. The number of fused-ring (bicyclic) bond motifs is 3. The highest BCUT2D eigenvalue weighted by Crippen LogP contribution is 2.28. The molecule has 2 N–H and O–H groups in total. The molecule has 1 aromatic carbocycles. The number of nitrogens with one attached hydrogen (secondary N) is 2. The fourth-order valence-electron chi connectivity index (χ4n) is 3.46. The van der Waals surface area contributed by atoms with Crippen LogP contribution >= 0.6 is 0 Å². The van der Waals surface area contributed by atoms with E-state index in [2.05, 4.69) is 14.9 Å². The minimum Gasteiger partial charge on any atom is -0.316 e. The molecule has 3 saturated heterocycles. The van der Waals surface area contributed by atoms with Crippen LogP contribution in [0.15, 0.2) is 29.2 Å². The maximum atomic E-state index is 12.7. The Labute approximate surface area is 126 Å². The fraction of sp³-hybridized carbons (Fsp3) is 0.600. The minimum absolute atomic E-state index is 0.0557. The summed E-state index contributed by atoms with van der Waals surface area (Å²) in [6.07, 6.45) is 2.21. The summed E-state index contributed by atoms with van der Waals surface area (Å²) < 4.78 is 28.4. The third kappa shape index (κ3) is 3.13. The second-order valence-electron chi connectivity index (χ2n) is 6.00. The number of hydrogen-bond donors (Lipinski definition) is 2. The van der Waals surface area contributed by atoms with Crippen LogP contribution in [0.25, 0.3) is 0 Å². The zero-order valence-electron chi connectivity index (χ0n) is 12.4. The largest absolute Gasteiger partial charge is 0.316 e. The Morgan fingerprint density at radius 1 is 1.24 bits per heavy atom. The van der Waals surface area contributed by atoms with Crippen LogP contribution in [0.3, 0.4) is 0 Å². The van der Waals surface area contributed by atoms with Crippen molar-refractivity contribution in [1.82, 2.24) is 14.9 Å². The molecule has 2 bridgehead atoms. The van der Waals surface area contributed by atoms with Gasteiger partial charge in [-0.3, -0.25) is 0 Å². The molecule has 4 rings (SSSR count).